The molecule has 1 aliphatic rings. The molecule has 1 aromatic carbocycles. The SMILES string of the molecule is Cc1nc(N)sc1-c1cc2c(c(S(=O)(=O)NC(C)C)c1)C(=O)N(C(C)C(F)(F)F)C2. The molecule has 164 valence electrons. The summed E-state index contributed by atoms with van der Waals surface area (Å²) in [5.41, 5.74) is 6.70. The summed E-state index contributed by atoms with van der Waals surface area (Å²) in [5, 5.41) is 0.274. The number of fused-ring (bicyclic) bond motifs is 1. The number of nitrogen functional groups attached to an aromatic ring is 1. The summed E-state index contributed by atoms with van der Waals surface area (Å²) in [6, 6.07) is 0.292. The summed E-state index contributed by atoms with van der Waals surface area (Å²) in [7, 11) is -4.16. The van der Waals surface area contributed by atoms with Gasteiger partial charge < -0.3 is 10.6 Å². The molecule has 0 saturated heterocycles. The average Bonchev–Trinajstić information content (AvgIpc) is 3.10. The van der Waals surface area contributed by atoms with Gasteiger partial charge in [0.2, 0.25) is 10.0 Å². The normalized spacial score (nSPS) is 15.7. The predicted octanol–water partition coefficient (Wildman–Crippen LogP) is 3.29. The van der Waals surface area contributed by atoms with Crippen LogP contribution in [-0.2, 0) is 16.6 Å². The molecule has 7 nitrogen and oxygen atoms in total. The number of anilines is 1. The molecular formula is C18H21F3N4O3S2. The maximum Gasteiger partial charge on any atom is 0.408 e. The Morgan fingerprint density at radius 3 is 2.40 bits per heavy atom. The molecule has 1 aliphatic heterocycles. The Bertz CT molecular complexity index is 1110. The number of nitrogens with one attached hydrogen (secondary N) is 1. The molecule has 2 heterocycles. The highest BCUT2D eigenvalue weighted by Gasteiger charge is 2.46. The van der Waals surface area contributed by atoms with E-state index in [4.69, 9.17) is 5.73 Å². The first-order valence-electron chi connectivity index (χ1n) is 9.02. The van der Waals surface area contributed by atoms with Crippen LogP contribution in [0.25, 0.3) is 10.4 Å². The fourth-order valence-corrected chi connectivity index (χ4v) is 5.67. The van der Waals surface area contributed by atoms with Crippen molar-refractivity contribution in [3.05, 3.63) is 29.0 Å². The van der Waals surface area contributed by atoms with Crippen molar-refractivity contribution in [3.63, 3.8) is 0 Å². The molecule has 0 radical (unpaired) electrons. The van der Waals surface area contributed by atoms with E-state index in [1.54, 1.807) is 20.8 Å². The molecule has 0 spiro atoms. The largest absolute Gasteiger partial charge is 0.408 e. The molecule has 2 aromatic rings. The van der Waals surface area contributed by atoms with Gasteiger partial charge in [-0.2, -0.15) is 13.2 Å². The van der Waals surface area contributed by atoms with Gasteiger partial charge in [0.1, 0.15) is 6.04 Å². The number of halogens is 3. The highest BCUT2D eigenvalue weighted by Crippen LogP contribution is 2.40. The second kappa shape index (κ2) is 7.50. The first kappa shape index (κ1) is 22.5. The maximum atomic E-state index is 13.3. The Morgan fingerprint density at radius 1 is 1.27 bits per heavy atom. The molecule has 0 bridgehead atoms. The minimum atomic E-state index is -4.64. The number of sulfonamides is 1. The molecule has 0 aliphatic carbocycles. The van der Waals surface area contributed by atoms with Gasteiger partial charge in [-0.3, -0.25) is 4.79 Å². The fourth-order valence-electron chi connectivity index (χ4n) is 3.33. The van der Waals surface area contributed by atoms with E-state index in [-0.39, 0.29) is 27.7 Å². The van der Waals surface area contributed by atoms with Crippen LogP contribution in [0.15, 0.2) is 17.0 Å². The number of hydrogen-bond acceptors (Lipinski definition) is 6. The maximum absolute atomic E-state index is 13.3. The zero-order chi connectivity index (χ0) is 22.6. The van der Waals surface area contributed by atoms with Crippen molar-refractivity contribution < 1.29 is 26.4 Å². The van der Waals surface area contributed by atoms with Gasteiger partial charge in [0, 0.05) is 12.6 Å². The second-order valence-corrected chi connectivity index (χ2v) is 10.1. The molecule has 3 rings (SSSR count). The van der Waals surface area contributed by atoms with Crippen LogP contribution in [0.3, 0.4) is 0 Å². The van der Waals surface area contributed by atoms with E-state index in [1.807, 2.05) is 0 Å². The molecule has 3 N–H and O–H groups in total. The van der Waals surface area contributed by atoms with Gasteiger partial charge in [-0.15, -0.1) is 0 Å². The highest BCUT2D eigenvalue weighted by molar-refractivity contribution is 7.89. The van der Waals surface area contributed by atoms with Crippen LogP contribution < -0.4 is 10.5 Å². The van der Waals surface area contributed by atoms with Gasteiger partial charge in [0.05, 0.1) is 21.0 Å². The molecule has 0 saturated carbocycles. The van der Waals surface area contributed by atoms with Crippen molar-refractivity contribution in [2.45, 2.75) is 57.4 Å². The zero-order valence-corrected chi connectivity index (χ0v) is 18.3. The van der Waals surface area contributed by atoms with Gasteiger partial charge in [0.15, 0.2) is 5.13 Å². The second-order valence-electron chi connectivity index (χ2n) is 7.40. The first-order valence-corrected chi connectivity index (χ1v) is 11.3. The molecule has 0 fully saturated rings. The van der Waals surface area contributed by atoms with Crippen LogP contribution in [0.2, 0.25) is 0 Å². The lowest BCUT2D eigenvalue weighted by Gasteiger charge is -2.26. The topological polar surface area (TPSA) is 105 Å². The Kier molecular flexibility index (Phi) is 5.63. The zero-order valence-electron chi connectivity index (χ0n) is 16.7. The van der Waals surface area contributed by atoms with E-state index in [0.29, 0.717) is 21.0 Å². The molecular weight excluding hydrogens is 441 g/mol. The number of hydrogen-bond donors (Lipinski definition) is 2. The number of alkyl halides is 3. The van der Waals surface area contributed by atoms with E-state index >= 15 is 0 Å². The summed E-state index contributed by atoms with van der Waals surface area (Å²) in [6.07, 6.45) is -4.64. The third-order valence-corrected chi connectivity index (χ3v) is 7.41. The van der Waals surface area contributed by atoms with Crippen molar-refractivity contribution in [2.75, 3.05) is 5.73 Å². The lowest BCUT2D eigenvalue weighted by atomic mass is 10.0. The van der Waals surface area contributed by atoms with E-state index in [1.165, 1.54) is 12.1 Å². The number of rotatable bonds is 5. The Balaban J connectivity index is 2.22. The Labute approximate surface area is 176 Å². The fraction of sp³-hybridized carbons (Fsp3) is 0.444. The molecule has 1 unspecified atom stereocenters. The standard InChI is InChI=1S/C18H21F3N4O3S2/c1-8(2)24-30(27,28)13-6-11(15-9(3)23-17(22)29-15)5-12-7-25(16(26)14(12)13)10(4)18(19,20)21/h5-6,8,10,24H,7H2,1-4H3,(H2,22,23). The number of carbonyl (C=O) groups excluding carboxylic acids is 1. The molecule has 1 amide bonds. The van der Waals surface area contributed by atoms with Crippen molar-refractivity contribution in [3.8, 4) is 10.4 Å². The van der Waals surface area contributed by atoms with Crippen LogP contribution in [-0.4, -0.2) is 42.5 Å². The monoisotopic (exact) mass is 462 g/mol. The molecule has 30 heavy (non-hydrogen) atoms. The van der Waals surface area contributed by atoms with E-state index in [9.17, 15) is 26.4 Å². The van der Waals surface area contributed by atoms with Crippen molar-refractivity contribution in [1.29, 1.82) is 0 Å². The van der Waals surface area contributed by atoms with Gasteiger partial charge in [-0.25, -0.2) is 18.1 Å². The van der Waals surface area contributed by atoms with Crippen LogP contribution in [0.4, 0.5) is 18.3 Å². The van der Waals surface area contributed by atoms with Gasteiger partial charge in [-0.05, 0) is 51.0 Å². The lowest BCUT2D eigenvalue weighted by molar-refractivity contribution is -0.172. The van der Waals surface area contributed by atoms with Crippen molar-refractivity contribution in [2.24, 2.45) is 0 Å². The molecule has 1 aromatic heterocycles. The lowest BCUT2D eigenvalue weighted by Crippen LogP contribution is -2.43. The number of benzene rings is 1. The number of aromatic nitrogens is 1. The van der Waals surface area contributed by atoms with Crippen LogP contribution >= 0.6 is 11.3 Å². The third-order valence-electron chi connectivity index (χ3n) is 4.70. The highest BCUT2D eigenvalue weighted by atomic mass is 32.2. The predicted molar refractivity (Wildman–Crippen MR) is 108 cm³/mol. The summed E-state index contributed by atoms with van der Waals surface area (Å²) >= 11 is 1.13. The molecule has 1 atom stereocenters. The number of amides is 1. The minimum Gasteiger partial charge on any atom is -0.375 e. The van der Waals surface area contributed by atoms with Crippen LogP contribution in [0, 0.1) is 6.92 Å². The quantitative estimate of drug-likeness (QED) is 0.709. The number of aryl methyl sites for hydroxylation is 1. The first-order chi connectivity index (χ1) is 13.7. The van der Waals surface area contributed by atoms with Gasteiger partial charge >= 0.3 is 6.18 Å². The summed E-state index contributed by atoms with van der Waals surface area (Å²) < 4.78 is 68.1. The van der Waals surface area contributed by atoms with E-state index in [0.717, 1.165) is 18.3 Å². The Hall–Kier alpha value is -2.18. The Morgan fingerprint density at radius 2 is 1.90 bits per heavy atom. The van der Waals surface area contributed by atoms with Crippen molar-refractivity contribution in [1.82, 2.24) is 14.6 Å². The smallest absolute Gasteiger partial charge is 0.375 e. The van der Waals surface area contributed by atoms with Gasteiger partial charge in [0.25, 0.3) is 5.91 Å². The van der Waals surface area contributed by atoms with Crippen LogP contribution in [0.5, 0.6) is 0 Å². The van der Waals surface area contributed by atoms with E-state index in [2.05, 4.69) is 9.71 Å². The van der Waals surface area contributed by atoms with Crippen LogP contribution in [0.1, 0.15) is 42.4 Å². The van der Waals surface area contributed by atoms with Gasteiger partial charge in [-0.1, -0.05) is 11.3 Å². The van der Waals surface area contributed by atoms with Crippen molar-refractivity contribution >= 4 is 32.4 Å². The summed E-state index contributed by atoms with van der Waals surface area (Å²) in [6.45, 7) is 5.43. The third kappa shape index (κ3) is 4.03. The minimum absolute atomic E-state index is 0.212. The average molecular weight is 463 g/mol. The molecule has 12 heteroatoms. The summed E-state index contributed by atoms with van der Waals surface area (Å²) in [5.74, 6) is -0.967. The number of nitrogens with zero attached hydrogens (tertiary/aromatic N) is 2. The number of carbonyl (C=O) groups is 1. The number of nitrogens with two attached hydrogens (primary N) is 1. The summed E-state index contributed by atoms with van der Waals surface area (Å²) in [4.78, 5) is 17.9. The number of thiazole rings is 1. The van der Waals surface area contributed by atoms with E-state index < -0.39 is 34.2 Å².